The van der Waals surface area contributed by atoms with E-state index in [0.717, 1.165) is 12.8 Å². The van der Waals surface area contributed by atoms with Crippen LogP contribution in [0.15, 0.2) is 16.7 Å². The minimum absolute atomic E-state index is 0.210. The molecule has 0 aromatic carbocycles. The van der Waals surface area contributed by atoms with Crippen molar-refractivity contribution in [3.8, 4) is 0 Å². The zero-order valence-corrected chi connectivity index (χ0v) is 12.5. The molecular weight excluding hydrogens is 274 g/mol. The summed E-state index contributed by atoms with van der Waals surface area (Å²) in [7, 11) is 0. The van der Waals surface area contributed by atoms with Gasteiger partial charge in [0.1, 0.15) is 11.3 Å². The lowest BCUT2D eigenvalue weighted by Gasteiger charge is -2.20. The predicted molar refractivity (Wildman–Crippen MR) is 74.7 cm³/mol. The fourth-order valence-electron chi connectivity index (χ4n) is 2.16. The van der Waals surface area contributed by atoms with Gasteiger partial charge in [0, 0.05) is 6.04 Å². The second-order valence-electron chi connectivity index (χ2n) is 4.92. The van der Waals surface area contributed by atoms with Gasteiger partial charge in [-0.2, -0.15) is 0 Å². The summed E-state index contributed by atoms with van der Waals surface area (Å²) in [6.45, 7) is 4.84. The van der Waals surface area contributed by atoms with Crippen LogP contribution < -0.4 is 0 Å². The molecule has 0 bridgehead atoms. The fourth-order valence-corrected chi connectivity index (χ4v) is 2.16. The van der Waals surface area contributed by atoms with Gasteiger partial charge >= 0.3 is 11.9 Å². The van der Waals surface area contributed by atoms with Crippen LogP contribution in [-0.4, -0.2) is 42.6 Å². The molecule has 6 nitrogen and oxygen atoms in total. The Hall–Kier alpha value is -1.82. The van der Waals surface area contributed by atoms with E-state index in [1.54, 1.807) is 19.9 Å². The lowest BCUT2D eigenvalue weighted by atomic mass is 10.2. The molecule has 1 aromatic rings. The Balaban J connectivity index is 2.02. The molecule has 1 saturated carbocycles. The van der Waals surface area contributed by atoms with Crippen molar-refractivity contribution in [3.63, 3.8) is 0 Å². The molecule has 0 saturated heterocycles. The highest BCUT2D eigenvalue weighted by molar-refractivity contribution is 5.90. The average molecular weight is 295 g/mol. The molecule has 1 heterocycles. The Morgan fingerprint density at radius 1 is 1.29 bits per heavy atom. The molecule has 1 fully saturated rings. The van der Waals surface area contributed by atoms with Crippen molar-refractivity contribution in [2.24, 2.45) is 0 Å². The van der Waals surface area contributed by atoms with Gasteiger partial charge in [-0.3, -0.25) is 9.69 Å². The number of rotatable bonds is 8. The van der Waals surface area contributed by atoms with Gasteiger partial charge in [0.25, 0.3) is 0 Å². The summed E-state index contributed by atoms with van der Waals surface area (Å²) in [5, 5.41) is 0. The van der Waals surface area contributed by atoms with E-state index in [1.165, 1.54) is 6.26 Å². The molecular formula is C15H21NO5. The third-order valence-electron chi connectivity index (χ3n) is 3.29. The Kier molecular flexibility index (Phi) is 5.38. The third kappa shape index (κ3) is 4.32. The summed E-state index contributed by atoms with van der Waals surface area (Å²) in [4.78, 5) is 25.5. The van der Waals surface area contributed by atoms with Gasteiger partial charge in [0.05, 0.1) is 32.6 Å². The van der Waals surface area contributed by atoms with Crippen LogP contribution in [0, 0.1) is 0 Å². The standard InChI is InChI=1S/C15H21NO5/c1-3-19-14(17)10-16(11-5-6-11)9-13-12(7-8-21-13)15(18)20-4-2/h7-8,11H,3-6,9-10H2,1-2H3. The van der Waals surface area contributed by atoms with Crippen molar-refractivity contribution >= 4 is 11.9 Å². The smallest absolute Gasteiger partial charge is 0.341 e. The van der Waals surface area contributed by atoms with Gasteiger partial charge in [-0.1, -0.05) is 0 Å². The molecule has 0 unspecified atom stereocenters. The van der Waals surface area contributed by atoms with Crippen molar-refractivity contribution in [3.05, 3.63) is 23.7 Å². The molecule has 0 spiro atoms. The second kappa shape index (κ2) is 7.26. The van der Waals surface area contributed by atoms with E-state index < -0.39 is 5.97 Å². The van der Waals surface area contributed by atoms with E-state index in [2.05, 4.69) is 0 Å². The fraction of sp³-hybridized carbons (Fsp3) is 0.600. The SMILES string of the molecule is CCOC(=O)CN(Cc1occc1C(=O)OCC)C1CC1. The summed E-state index contributed by atoms with van der Waals surface area (Å²) in [5.41, 5.74) is 0.423. The summed E-state index contributed by atoms with van der Waals surface area (Å²) in [6, 6.07) is 1.96. The number of nitrogens with zero attached hydrogens (tertiary/aromatic N) is 1. The Morgan fingerprint density at radius 3 is 2.62 bits per heavy atom. The average Bonchev–Trinajstić information content (AvgIpc) is 3.18. The summed E-state index contributed by atoms with van der Waals surface area (Å²) in [6.07, 6.45) is 3.57. The molecule has 0 N–H and O–H groups in total. The van der Waals surface area contributed by atoms with Crippen molar-refractivity contribution in [1.82, 2.24) is 4.90 Å². The van der Waals surface area contributed by atoms with E-state index in [1.807, 2.05) is 4.90 Å². The van der Waals surface area contributed by atoms with E-state index in [0.29, 0.717) is 37.1 Å². The molecule has 1 aliphatic rings. The molecule has 2 rings (SSSR count). The zero-order chi connectivity index (χ0) is 15.2. The van der Waals surface area contributed by atoms with Crippen molar-refractivity contribution in [1.29, 1.82) is 0 Å². The van der Waals surface area contributed by atoms with Crippen LogP contribution in [0.3, 0.4) is 0 Å². The third-order valence-corrected chi connectivity index (χ3v) is 3.29. The number of hydrogen-bond donors (Lipinski definition) is 0. The number of furan rings is 1. The van der Waals surface area contributed by atoms with Crippen LogP contribution in [0.4, 0.5) is 0 Å². The molecule has 21 heavy (non-hydrogen) atoms. The predicted octanol–water partition coefficient (Wildman–Crippen LogP) is 1.98. The summed E-state index contributed by atoms with van der Waals surface area (Å²) in [5.74, 6) is -0.119. The van der Waals surface area contributed by atoms with Gasteiger partial charge in [0.15, 0.2) is 0 Å². The highest BCUT2D eigenvalue weighted by Crippen LogP contribution is 2.29. The van der Waals surface area contributed by atoms with Crippen LogP contribution in [0.2, 0.25) is 0 Å². The van der Waals surface area contributed by atoms with E-state index in [9.17, 15) is 9.59 Å². The van der Waals surface area contributed by atoms with Gasteiger partial charge in [0.2, 0.25) is 0 Å². The molecule has 1 aliphatic carbocycles. The quantitative estimate of drug-likeness (QED) is 0.683. The highest BCUT2D eigenvalue weighted by Gasteiger charge is 2.32. The number of carbonyl (C=O) groups is 2. The first-order chi connectivity index (χ1) is 10.2. The maximum absolute atomic E-state index is 11.8. The first-order valence-electron chi connectivity index (χ1n) is 7.28. The lowest BCUT2D eigenvalue weighted by Crippen LogP contribution is -2.32. The van der Waals surface area contributed by atoms with Crippen LogP contribution in [-0.2, 0) is 20.8 Å². The van der Waals surface area contributed by atoms with E-state index in [4.69, 9.17) is 13.9 Å². The number of hydrogen-bond acceptors (Lipinski definition) is 6. The van der Waals surface area contributed by atoms with Gasteiger partial charge < -0.3 is 13.9 Å². The van der Waals surface area contributed by atoms with Crippen LogP contribution in [0.1, 0.15) is 42.8 Å². The largest absolute Gasteiger partial charge is 0.467 e. The minimum Gasteiger partial charge on any atom is -0.467 e. The second-order valence-corrected chi connectivity index (χ2v) is 4.92. The number of ether oxygens (including phenoxy) is 2. The van der Waals surface area contributed by atoms with Gasteiger partial charge in [-0.25, -0.2) is 4.79 Å². The summed E-state index contributed by atoms with van der Waals surface area (Å²) >= 11 is 0. The molecule has 0 amide bonds. The molecule has 0 atom stereocenters. The Labute approximate surface area is 124 Å². The number of carbonyl (C=O) groups excluding carboxylic acids is 2. The van der Waals surface area contributed by atoms with Crippen molar-refractivity contribution in [2.75, 3.05) is 19.8 Å². The monoisotopic (exact) mass is 295 g/mol. The number of esters is 2. The Bertz CT molecular complexity index is 492. The normalized spacial score (nSPS) is 14.2. The zero-order valence-electron chi connectivity index (χ0n) is 12.5. The highest BCUT2D eigenvalue weighted by atomic mass is 16.5. The minimum atomic E-state index is -0.395. The van der Waals surface area contributed by atoms with Crippen LogP contribution in [0.25, 0.3) is 0 Å². The van der Waals surface area contributed by atoms with E-state index >= 15 is 0 Å². The van der Waals surface area contributed by atoms with Crippen molar-refractivity contribution in [2.45, 2.75) is 39.3 Å². The maximum Gasteiger partial charge on any atom is 0.341 e. The molecule has 6 heteroatoms. The summed E-state index contributed by atoms with van der Waals surface area (Å²) < 4.78 is 15.4. The van der Waals surface area contributed by atoms with Gasteiger partial charge in [-0.15, -0.1) is 0 Å². The molecule has 0 aliphatic heterocycles. The first kappa shape index (κ1) is 15.6. The van der Waals surface area contributed by atoms with Crippen molar-refractivity contribution < 1.29 is 23.5 Å². The van der Waals surface area contributed by atoms with Gasteiger partial charge in [-0.05, 0) is 32.8 Å². The first-order valence-corrected chi connectivity index (χ1v) is 7.28. The van der Waals surface area contributed by atoms with Crippen LogP contribution >= 0.6 is 0 Å². The lowest BCUT2D eigenvalue weighted by molar-refractivity contribution is -0.144. The van der Waals surface area contributed by atoms with E-state index in [-0.39, 0.29) is 12.5 Å². The molecule has 0 radical (unpaired) electrons. The topological polar surface area (TPSA) is 69.0 Å². The molecule has 116 valence electrons. The Morgan fingerprint density at radius 2 is 2.00 bits per heavy atom. The maximum atomic E-state index is 11.8. The van der Waals surface area contributed by atoms with Crippen LogP contribution in [0.5, 0.6) is 0 Å². The molecule has 1 aromatic heterocycles.